The Balaban J connectivity index is 4.37. The largest absolute Gasteiger partial charge is 0.386 e. The molecule has 17 heavy (non-hydrogen) atoms. The molecule has 1 atom stereocenters. The summed E-state index contributed by atoms with van der Waals surface area (Å²) in [6.07, 6.45) is -0.00102. The molecule has 0 aromatic rings. The Morgan fingerprint density at radius 1 is 1.35 bits per heavy atom. The van der Waals surface area contributed by atoms with Gasteiger partial charge in [0.15, 0.2) is 0 Å². The predicted molar refractivity (Wildman–Crippen MR) is 68.6 cm³/mol. The maximum atomic E-state index is 11.7. The quantitative estimate of drug-likeness (QED) is 0.433. The van der Waals surface area contributed by atoms with Crippen LogP contribution in [0.1, 0.15) is 27.7 Å². The second kappa shape index (κ2) is 6.93. The van der Waals surface area contributed by atoms with Gasteiger partial charge in [-0.05, 0) is 19.8 Å². The summed E-state index contributed by atoms with van der Waals surface area (Å²) < 4.78 is 31.0. The third kappa shape index (κ3) is 7.30. The van der Waals surface area contributed by atoms with Crippen LogP contribution in [-0.4, -0.2) is 38.8 Å². The van der Waals surface area contributed by atoms with Gasteiger partial charge in [0.2, 0.25) is 10.0 Å². The SMILES string of the molecule is CC(C)OCCS(=O)(=O)NC(C(=N)N)C(C)C. The van der Waals surface area contributed by atoms with E-state index in [1.165, 1.54) is 0 Å². The van der Waals surface area contributed by atoms with Gasteiger partial charge in [-0.3, -0.25) is 5.41 Å². The van der Waals surface area contributed by atoms with Gasteiger partial charge in [-0.15, -0.1) is 0 Å². The Bertz CT molecular complexity index is 339. The van der Waals surface area contributed by atoms with Crippen LogP contribution >= 0.6 is 0 Å². The van der Waals surface area contributed by atoms with E-state index >= 15 is 0 Å². The Kier molecular flexibility index (Phi) is 6.66. The first-order chi connectivity index (χ1) is 7.65. The van der Waals surface area contributed by atoms with Crippen molar-refractivity contribution in [3.05, 3.63) is 0 Å². The average molecular weight is 265 g/mol. The molecule has 0 radical (unpaired) electrons. The second-order valence-corrected chi connectivity index (χ2v) is 6.41. The smallest absolute Gasteiger partial charge is 0.214 e. The summed E-state index contributed by atoms with van der Waals surface area (Å²) in [4.78, 5) is 0. The average Bonchev–Trinajstić information content (AvgIpc) is 2.12. The number of nitrogens with two attached hydrogens (primary N) is 1. The van der Waals surface area contributed by atoms with Crippen LogP contribution in [0.15, 0.2) is 0 Å². The normalized spacial score (nSPS) is 14.2. The van der Waals surface area contributed by atoms with Crippen molar-refractivity contribution in [2.75, 3.05) is 12.4 Å². The molecule has 0 heterocycles. The monoisotopic (exact) mass is 265 g/mol. The van der Waals surface area contributed by atoms with Crippen LogP contribution < -0.4 is 10.5 Å². The Hall–Kier alpha value is -0.660. The van der Waals surface area contributed by atoms with Gasteiger partial charge in [-0.25, -0.2) is 13.1 Å². The summed E-state index contributed by atoms with van der Waals surface area (Å²) >= 11 is 0. The molecule has 4 N–H and O–H groups in total. The second-order valence-electron chi connectivity index (χ2n) is 4.53. The van der Waals surface area contributed by atoms with E-state index in [-0.39, 0.29) is 30.2 Å². The Labute approximate surface area is 103 Å². The van der Waals surface area contributed by atoms with Crippen LogP contribution in [0.25, 0.3) is 0 Å². The predicted octanol–water partition coefficient (Wildman–Crippen LogP) is 0.291. The van der Waals surface area contributed by atoms with Gasteiger partial charge in [-0.1, -0.05) is 13.8 Å². The molecule has 0 aromatic heterocycles. The first kappa shape index (κ1) is 16.3. The number of hydrogen-bond donors (Lipinski definition) is 3. The summed E-state index contributed by atoms with van der Waals surface area (Å²) in [5.41, 5.74) is 5.35. The van der Waals surface area contributed by atoms with E-state index in [1.807, 2.05) is 13.8 Å². The van der Waals surface area contributed by atoms with Gasteiger partial charge in [0.1, 0.15) is 5.84 Å². The van der Waals surface area contributed by atoms with Gasteiger partial charge >= 0.3 is 0 Å². The zero-order valence-corrected chi connectivity index (χ0v) is 11.7. The van der Waals surface area contributed by atoms with Crippen LogP contribution in [0.4, 0.5) is 0 Å². The first-order valence-corrected chi connectivity index (χ1v) is 7.26. The number of nitrogens with one attached hydrogen (secondary N) is 2. The van der Waals surface area contributed by atoms with E-state index in [9.17, 15) is 8.42 Å². The van der Waals surface area contributed by atoms with Crippen molar-refractivity contribution in [3.63, 3.8) is 0 Å². The van der Waals surface area contributed by atoms with E-state index in [4.69, 9.17) is 15.9 Å². The summed E-state index contributed by atoms with van der Waals surface area (Å²) in [6.45, 7) is 7.42. The standard InChI is InChI=1S/C10H23N3O3S/c1-7(2)9(10(11)12)13-17(14,15)6-5-16-8(3)4/h7-9,13H,5-6H2,1-4H3,(H3,11,12). The maximum absolute atomic E-state index is 11.7. The summed E-state index contributed by atoms with van der Waals surface area (Å²) in [5, 5.41) is 7.33. The van der Waals surface area contributed by atoms with Gasteiger partial charge in [0, 0.05) is 0 Å². The van der Waals surface area contributed by atoms with E-state index in [0.29, 0.717) is 0 Å². The highest BCUT2D eigenvalue weighted by molar-refractivity contribution is 7.89. The third-order valence-electron chi connectivity index (χ3n) is 2.11. The molecule has 0 aliphatic rings. The van der Waals surface area contributed by atoms with Crippen LogP contribution in [-0.2, 0) is 14.8 Å². The Morgan fingerprint density at radius 2 is 1.88 bits per heavy atom. The topological polar surface area (TPSA) is 105 Å². The van der Waals surface area contributed by atoms with Crippen LogP contribution in [0.2, 0.25) is 0 Å². The maximum Gasteiger partial charge on any atom is 0.214 e. The van der Waals surface area contributed by atoms with Crippen molar-refractivity contribution in [1.82, 2.24) is 4.72 Å². The minimum absolute atomic E-state index is 0.00102. The highest BCUT2D eigenvalue weighted by Crippen LogP contribution is 2.03. The van der Waals surface area contributed by atoms with E-state index in [0.717, 1.165) is 0 Å². The number of rotatable bonds is 8. The molecule has 0 aliphatic carbocycles. The molecule has 6 nitrogen and oxygen atoms in total. The molecule has 1 unspecified atom stereocenters. The van der Waals surface area contributed by atoms with E-state index in [2.05, 4.69) is 4.72 Å². The lowest BCUT2D eigenvalue weighted by Crippen LogP contribution is -2.48. The van der Waals surface area contributed by atoms with Crippen molar-refractivity contribution >= 4 is 15.9 Å². The number of hydrogen-bond acceptors (Lipinski definition) is 4. The first-order valence-electron chi connectivity index (χ1n) is 5.61. The molecule has 0 aliphatic heterocycles. The molecule has 0 saturated heterocycles. The van der Waals surface area contributed by atoms with Crippen molar-refractivity contribution in [2.24, 2.45) is 11.7 Å². The molecule has 7 heteroatoms. The van der Waals surface area contributed by atoms with Crippen molar-refractivity contribution in [2.45, 2.75) is 39.8 Å². The Morgan fingerprint density at radius 3 is 2.24 bits per heavy atom. The molecule has 0 spiro atoms. The van der Waals surface area contributed by atoms with Gasteiger partial charge in [0.05, 0.1) is 24.5 Å². The highest BCUT2D eigenvalue weighted by Gasteiger charge is 2.22. The van der Waals surface area contributed by atoms with Crippen LogP contribution in [0.5, 0.6) is 0 Å². The van der Waals surface area contributed by atoms with Crippen molar-refractivity contribution in [1.29, 1.82) is 5.41 Å². The molecule has 0 aromatic carbocycles. The lowest BCUT2D eigenvalue weighted by molar-refractivity contribution is 0.0911. The fraction of sp³-hybridized carbons (Fsp3) is 0.900. The van der Waals surface area contributed by atoms with Crippen molar-refractivity contribution in [3.8, 4) is 0 Å². The molecule has 0 rings (SSSR count). The molecule has 0 amide bonds. The zero-order chi connectivity index (χ0) is 13.6. The van der Waals surface area contributed by atoms with Crippen LogP contribution in [0, 0.1) is 11.3 Å². The molecular formula is C10H23N3O3S. The minimum Gasteiger partial charge on any atom is -0.386 e. The van der Waals surface area contributed by atoms with Gasteiger partial charge in [-0.2, -0.15) is 0 Å². The lowest BCUT2D eigenvalue weighted by atomic mass is 10.1. The number of sulfonamides is 1. The van der Waals surface area contributed by atoms with Gasteiger partial charge < -0.3 is 10.5 Å². The fourth-order valence-electron chi connectivity index (χ4n) is 1.20. The molecule has 0 fully saturated rings. The summed E-state index contributed by atoms with van der Waals surface area (Å²) in [6, 6.07) is -0.654. The minimum atomic E-state index is -3.46. The van der Waals surface area contributed by atoms with E-state index < -0.39 is 16.1 Å². The molecule has 0 saturated carbocycles. The highest BCUT2D eigenvalue weighted by atomic mass is 32.2. The lowest BCUT2D eigenvalue weighted by Gasteiger charge is -2.20. The fourth-order valence-corrected chi connectivity index (χ4v) is 2.42. The third-order valence-corrected chi connectivity index (χ3v) is 3.43. The number of ether oxygens (including phenoxy) is 1. The summed E-state index contributed by atoms with van der Waals surface area (Å²) in [5.74, 6) is -0.358. The van der Waals surface area contributed by atoms with Gasteiger partial charge in [0.25, 0.3) is 0 Å². The molecular weight excluding hydrogens is 242 g/mol. The van der Waals surface area contributed by atoms with Crippen molar-refractivity contribution < 1.29 is 13.2 Å². The van der Waals surface area contributed by atoms with E-state index in [1.54, 1.807) is 13.8 Å². The molecule has 0 bridgehead atoms. The molecule has 102 valence electrons. The van der Waals surface area contributed by atoms with Crippen LogP contribution in [0.3, 0.4) is 0 Å². The number of amidine groups is 1. The zero-order valence-electron chi connectivity index (χ0n) is 10.9. The summed E-state index contributed by atoms with van der Waals surface area (Å²) in [7, 11) is -3.46.